The number of benzene rings is 1. The summed E-state index contributed by atoms with van der Waals surface area (Å²) in [6.07, 6.45) is 4.36. The lowest BCUT2D eigenvalue weighted by atomic mass is 9.78. The molecule has 1 aliphatic rings. The first-order valence-corrected chi connectivity index (χ1v) is 8.11. The predicted octanol–water partition coefficient (Wildman–Crippen LogP) is 3.27. The predicted molar refractivity (Wildman–Crippen MR) is 86.2 cm³/mol. The van der Waals surface area contributed by atoms with Gasteiger partial charge in [0.15, 0.2) is 0 Å². The molecule has 1 aromatic carbocycles. The topological polar surface area (TPSA) is 43.8 Å². The minimum atomic E-state index is 0.153. The Morgan fingerprint density at radius 3 is 2.86 bits per heavy atom. The summed E-state index contributed by atoms with van der Waals surface area (Å²) >= 11 is 0. The zero-order valence-corrected chi connectivity index (χ0v) is 13.0. The van der Waals surface area contributed by atoms with Gasteiger partial charge in [0.2, 0.25) is 0 Å². The third-order valence-electron chi connectivity index (χ3n) is 4.75. The molecule has 3 nitrogen and oxygen atoms in total. The fraction of sp³-hybridized carbons (Fsp3) is 0.500. The molecule has 0 fully saturated rings. The van der Waals surface area contributed by atoms with Crippen LogP contribution in [0.5, 0.6) is 0 Å². The van der Waals surface area contributed by atoms with Crippen molar-refractivity contribution >= 4 is 0 Å². The van der Waals surface area contributed by atoms with Gasteiger partial charge in [0.1, 0.15) is 0 Å². The van der Waals surface area contributed by atoms with Crippen LogP contribution in [0.3, 0.4) is 0 Å². The Morgan fingerprint density at radius 1 is 1.29 bits per heavy atom. The summed E-state index contributed by atoms with van der Waals surface area (Å²) in [4.78, 5) is 0. The Morgan fingerprint density at radius 2 is 2.10 bits per heavy atom. The number of nitrogens with two attached hydrogens (primary N) is 1. The van der Waals surface area contributed by atoms with Gasteiger partial charge in [-0.05, 0) is 55.7 Å². The van der Waals surface area contributed by atoms with Crippen LogP contribution in [0.4, 0.5) is 0 Å². The molecule has 21 heavy (non-hydrogen) atoms. The van der Waals surface area contributed by atoms with Crippen molar-refractivity contribution in [2.24, 2.45) is 11.7 Å². The zero-order valence-electron chi connectivity index (χ0n) is 13.0. The first kappa shape index (κ1) is 14.3. The van der Waals surface area contributed by atoms with Crippen LogP contribution in [-0.4, -0.2) is 9.78 Å². The number of aromatic nitrogens is 2. The third kappa shape index (κ3) is 2.75. The number of hydrogen-bond donors (Lipinski definition) is 1. The molecule has 0 amide bonds. The SMILES string of the molecule is CCc1cc(CC2CCc3ccccc3C2N)n(CC)n1. The van der Waals surface area contributed by atoms with Gasteiger partial charge in [0.05, 0.1) is 5.69 Å². The Labute approximate surface area is 127 Å². The molecule has 3 rings (SSSR count). The van der Waals surface area contributed by atoms with Crippen LogP contribution in [-0.2, 0) is 25.8 Å². The Bertz CT molecular complexity index is 615. The van der Waals surface area contributed by atoms with E-state index in [9.17, 15) is 0 Å². The second kappa shape index (κ2) is 6.02. The molecule has 2 unspecified atom stereocenters. The summed E-state index contributed by atoms with van der Waals surface area (Å²) in [5.41, 5.74) is 11.8. The second-order valence-corrected chi connectivity index (χ2v) is 6.02. The van der Waals surface area contributed by atoms with E-state index in [-0.39, 0.29) is 6.04 Å². The lowest BCUT2D eigenvalue weighted by Gasteiger charge is -2.31. The maximum absolute atomic E-state index is 6.54. The van der Waals surface area contributed by atoms with Crippen molar-refractivity contribution in [1.82, 2.24) is 9.78 Å². The van der Waals surface area contributed by atoms with E-state index in [1.54, 1.807) is 0 Å². The summed E-state index contributed by atoms with van der Waals surface area (Å²) in [7, 11) is 0. The summed E-state index contributed by atoms with van der Waals surface area (Å²) in [6.45, 7) is 5.26. The molecule has 1 aliphatic carbocycles. The molecule has 2 atom stereocenters. The maximum atomic E-state index is 6.54. The minimum Gasteiger partial charge on any atom is -0.324 e. The first-order valence-electron chi connectivity index (χ1n) is 8.11. The van der Waals surface area contributed by atoms with Gasteiger partial charge in [0.25, 0.3) is 0 Å². The molecular formula is C18H25N3. The van der Waals surface area contributed by atoms with Crippen LogP contribution in [0.1, 0.15) is 48.8 Å². The Balaban J connectivity index is 1.82. The van der Waals surface area contributed by atoms with Crippen molar-refractivity contribution in [2.75, 3.05) is 0 Å². The average molecular weight is 283 g/mol. The number of rotatable bonds is 4. The lowest BCUT2D eigenvalue weighted by molar-refractivity contribution is 0.366. The van der Waals surface area contributed by atoms with Crippen molar-refractivity contribution in [3.05, 3.63) is 52.8 Å². The molecule has 0 aliphatic heterocycles. The van der Waals surface area contributed by atoms with E-state index in [0.29, 0.717) is 5.92 Å². The minimum absolute atomic E-state index is 0.153. The van der Waals surface area contributed by atoms with Gasteiger partial charge < -0.3 is 5.73 Å². The van der Waals surface area contributed by atoms with E-state index in [4.69, 9.17) is 5.73 Å². The van der Waals surface area contributed by atoms with Crippen molar-refractivity contribution < 1.29 is 0 Å². The number of hydrogen-bond acceptors (Lipinski definition) is 2. The van der Waals surface area contributed by atoms with Gasteiger partial charge in [-0.3, -0.25) is 4.68 Å². The summed E-state index contributed by atoms with van der Waals surface area (Å²) < 4.78 is 2.14. The highest BCUT2D eigenvalue weighted by molar-refractivity contribution is 5.33. The van der Waals surface area contributed by atoms with Crippen molar-refractivity contribution in [1.29, 1.82) is 0 Å². The number of fused-ring (bicyclic) bond motifs is 1. The molecule has 0 spiro atoms. The van der Waals surface area contributed by atoms with Crippen LogP contribution in [0.2, 0.25) is 0 Å². The van der Waals surface area contributed by atoms with Crippen LogP contribution in [0, 0.1) is 5.92 Å². The number of aryl methyl sites for hydroxylation is 3. The Hall–Kier alpha value is -1.61. The fourth-order valence-electron chi connectivity index (χ4n) is 3.48. The van der Waals surface area contributed by atoms with Gasteiger partial charge in [-0.1, -0.05) is 31.2 Å². The van der Waals surface area contributed by atoms with E-state index in [0.717, 1.165) is 25.8 Å². The lowest BCUT2D eigenvalue weighted by Crippen LogP contribution is -2.29. The highest BCUT2D eigenvalue weighted by Gasteiger charge is 2.27. The first-order chi connectivity index (χ1) is 10.2. The second-order valence-electron chi connectivity index (χ2n) is 6.02. The molecule has 1 heterocycles. The number of nitrogens with zero attached hydrogens (tertiary/aromatic N) is 2. The monoisotopic (exact) mass is 283 g/mol. The van der Waals surface area contributed by atoms with Crippen LogP contribution < -0.4 is 5.73 Å². The van der Waals surface area contributed by atoms with Crippen molar-refractivity contribution in [3.63, 3.8) is 0 Å². The molecule has 2 N–H and O–H groups in total. The highest BCUT2D eigenvalue weighted by Crippen LogP contribution is 2.34. The maximum Gasteiger partial charge on any atom is 0.0624 e. The largest absolute Gasteiger partial charge is 0.324 e. The molecule has 0 saturated heterocycles. The van der Waals surface area contributed by atoms with Gasteiger partial charge in [-0.15, -0.1) is 0 Å². The normalized spacial score (nSPS) is 21.3. The summed E-state index contributed by atoms with van der Waals surface area (Å²) in [5, 5.41) is 4.66. The standard InChI is InChI=1S/C18H25N3/c1-3-15-12-16(21(4-2)20-15)11-14-10-9-13-7-5-6-8-17(13)18(14)19/h5-8,12,14,18H,3-4,9-11,19H2,1-2H3. The average Bonchev–Trinajstić information content (AvgIpc) is 2.92. The smallest absolute Gasteiger partial charge is 0.0624 e. The quantitative estimate of drug-likeness (QED) is 0.936. The highest BCUT2D eigenvalue weighted by atomic mass is 15.3. The van der Waals surface area contributed by atoms with Crippen LogP contribution >= 0.6 is 0 Å². The zero-order chi connectivity index (χ0) is 14.8. The summed E-state index contributed by atoms with van der Waals surface area (Å²) in [5.74, 6) is 0.520. The van der Waals surface area contributed by atoms with Gasteiger partial charge >= 0.3 is 0 Å². The third-order valence-corrected chi connectivity index (χ3v) is 4.75. The molecule has 0 bridgehead atoms. The molecule has 0 saturated carbocycles. The molecule has 0 radical (unpaired) electrons. The molecular weight excluding hydrogens is 258 g/mol. The fourth-order valence-corrected chi connectivity index (χ4v) is 3.48. The van der Waals surface area contributed by atoms with Gasteiger partial charge in [-0.2, -0.15) is 5.10 Å². The molecule has 2 aromatic rings. The molecule has 3 heteroatoms. The van der Waals surface area contributed by atoms with Crippen LogP contribution in [0.25, 0.3) is 0 Å². The van der Waals surface area contributed by atoms with Gasteiger partial charge in [0, 0.05) is 18.3 Å². The van der Waals surface area contributed by atoms with Crippen LogP contribution in [0.15, 0.2) is 30.3 Å². The van der Waals surface area contributed by atoms with E-state index in [1.807, 2.05) is 0 Å². The van der Waals surface area contributed by atoms with E-state index in [2.05, 4.69) is 54.0 Å². The summed E-state index contributed by atoms with van der Waals surface area (Å²) in [6, 6.07) is 11.0. The Kier molecular flexibility index (Phi) is 4.11. The molecule has 1 aromatic heterocycles. The van der Waals surface area contributed by atoms with Crippen molar-refractivity contribution in [3.8, 4) is 0 Å². The van der Waals surface area contributed by atoms with Crippen molar-refractivity contribution in [2.45, 2.75) is 52.1 Å². The van der Waals surface area contributed by atoms with E-state index in [1.165, 1.54) is 28.9 Å². The van der Waals surface area contributed by atoms with E-state index >= 15 is 0 Å². The molecule has 112 valence electrons. The van der Waals surface area contributed by atoms with E-state index < -0.39 is 0 Å². The van der Waals surface area contributed by atoms with Gasteiger partial charge in [-0.25, -0.2) is 0 Å².